The highest BCUT2D eigenvalue weighted by molar-refractivity contribution is 8.00. The Balaban J connectivity index is 1.83. The molecular formula is C15H28N2O3S2. The van der Waals surface area contributed by atoms with Crippen LogP contribution in [-0.2, 0) is 9.84 Å². The lowest BCUT2D eigenvalue weighted by Crippen LogP contribution is -2.54. The molecule has 22 heavy (non-hydrogen) atoms. The first-order chi connectivity index (χ1) is 10.3. The molecule has 0 aromatic carbocycles. The van der Waals surface area contributed by atoms with Crippen LogP contribution in [-0.4, -0.2) is 61.0 Å². The largest absolute Gasteiger partial charge is 0.336 e. The first-order valence-corrected chi connectivity index (χ1v) is 11.2. The number of hydrogen-bond acceptors (Lipinski definition) is 4. The summed E-state index contributed by atoms with van der Waals surface area (Å²) in [6.45, 7) is 3.50. The molecule has 0 unspecified atom stereocenters. The van der Waals surface area contributed by atoms with Crippen molar-refractivity contribution in [3.8, 4) is 0 Å². The summed E-state index contributed by atoms with van der Waals surface area (Å²) in [6, 6.07) is -0.148. The van der Waals surface area contributed by atoms with Crippen molar-refractivity contribution in [2.24, 2.45) is 0 Å². The van der Waals surface area contributed by atoms with Gasteiger partial charge < -0.3 is 10.2 Å². The fourth-order valence-electron chi connectivity index (χ4n) is 3.28. The molecule has 0 bridgehead atoms. The Bertz CT molecular complexity index is 482. The molecule has 1 saturated carbocycles. The quantitative estimate of drug-likeness (QED) is 0.846. The fourth-order valence-corrected chi connectivity index (χ4v) is 5.63. The standard InChI is InChI=1S/C15H28N2O3S2/c1-13(6-11-22(2,19)20)16-14(18)17-9-10-21-15(12-17)7-4-3-5-8-15/h13H,3-12H2,1-2H3,(H,16,18)/t13-/m0/s1. The lowest BCUT2D eigenvalue weighted by atomic mass is 9.87. The van der Waals surface area contributed by atoms with Gasteiger partial charge in [-0.3, -0.25) is 0 Å². The molecule has 1 heterocycles. The molecule has 2 amide bonds. The number of hydrogen-bond donors (Lipinski definition) is 1. The predicted octanol–water partition coefficient (Wildman–Crippen LogP) is 2.27. The molecule has 0 aromatic rings. The van der Waals surface area contributed by atoms with Gasteiger partial charge in [0.2, 0.25) is 0 Å². The van der Waals surface area contributed by atoms with Gasteiger partial charge in [-0.15, -0.1) is 0 Å². The summed E-state index contributed by atoms with van der Waals surface area (Å²) in [5.74, 6) is 1.12. The van der Waals surface area contributed by atoms with Gasteiger partial charge in [0, 0.05) is 35.9 Å². The van der Waals surface area contributed by atoms with Crippen LogP contribution in [0.5, 0.6) is 0 Å². The molecule has 2 aliphatic rings. The van der Waals surface area contributed by atoms with Crippen LogP contribution in [0.2, 0.25) is 0 Å². The van der Waals surface area contributed by atoms with E-state index in [0.717, 1.165) is 18.8 Å². The van der Waals surface area contributed by atoms with E-state index in [0.29, 0.717) is 6.42 Å². The number of sulfone groups is 1. The van der Waals surface area contributed by atoms with Crippen LogP contribution in [0.25, 0.3) is 0 Å². The number of nitrogens with zero attached hydrogens (tertiary/aromatic N) is 1. The molecule has 128 valence electrons. The van der Waals surface area contributed by atoms with Crippen molar-refractivity contribution in [1.29, 1.82) is 0 Å². The molecule has 2 fully saturated rings. The summed E-state index contributed by atoms with van der Waals surface area (Å²) in [5, 5.41) is 2.96. The van der Waals surface area contributed by atoms with Crippen LogP contribution >= 0.6 is 11.8 Å². The molecule has 1 atom stereocenters. The van der Waals surface area contributed by atoms with E-state index in [1.807, 2.05) is 23.6 Å². The maximum Gasteiger partial charge on any atom is 0.317 e. The van der Waals surface area contributed by atoms with Crippen molar-refractivity contribution in [3.63, 3.8) is 0 Å². The van der Waals surface area contributed by atoms with Crippen LogP contribution < -0.4 is 5.32 Å². The summed E-state index contributed by atoms with van der Waals surface area (Å²) < 4.78 is 22.7. The number of amides is 2. The van der Waals surface area contributed by atoms with Crippen molar-refractivity contribution in [3.05, 3.63) is 0 Å². The van der Waals surface area contributed by atoms with Crippen molar-refractivity contribution < 1.29 is 13.2 Å². The van der Waals surface area contributed by atoms with E-state index in [1.54, 1.807) is 0 Å². The van der Waals surface area contributed by atoms with Crippen molar-refractivity contribution in [2.45, 2.75) is 56.2 Å². The van der Waals surface area contributed by atoms with Crippen LogP contribution in [0.3, 0.4) is 0 Å². The van der Waals surface area contributed by atoms with Crippen LogP contribution in [0, 0.1) is 0 Å². The van der Waals surface area contributed by atoms with Crippen molar-refractivity contribution >= 4 is 27.6 Å². The highest BCUT2D eigenvalue weighted by Crippen LogP contribution is 2.42. The van der Waals surface area contributed by atoms with Gasteiger partial charge in [0.05, 0.1) is 5.75 Å². The highest BCUT2D eigenvalue weighted by atomic mass is 32.2. The Labute approximate surface area is 138 Å². The number of carbonyl (C=O) groups excluding carboxylic acids is 1. The summed E-state index contributed by atoms with van der Waals surface area (Å²) >= 11 is 2.04. The third-order valence-corrected chi connectivity index (χ3v) is 7.11. The molecule has 1 aliphatic carbocycles. The zero-order valence-electron chi connectivity index (χ0n) is 13.6. The van der Waals surface area contributed by atoms with Gasteiger partial charge in [0.1, 0.15) is 9.84 Å². The second kappa shape index (κ2) is 7.43. The zero-order chi connectivity index (χ0) is 16.2. The van der Waals surface area contributed by atoms with E-state index in [4.69, 9.17) is 0 Å². The van der Waals surface area contributed by atoms with Crippen LogP contribution in [0.4, 0.5) is 4.79 Å². The predicted molar refractivity (Wildman–Crippen MR) is 92.2 cm³/mol. The minimum absolute atomic E-state index is 0.0359. The van der Waals surface area contributed by atoms with Gasteiger partial charge in [-0.1, -0.05) is 19.3 Å². The molecule has 1 N–H and O–H groups in total. The number of urea groups is 1. The third kappa shape index (κ3) is 5.33. The minimum atomic E-state index is -2.97. The SMILES string of the molecule is C[C@@H](CCS(C)(=O)=O)NC(=O)N1CCSC2(CCCCC2)C1. The maximum absolute atomic E-state index is 12.4. The molecule has 7 heteroatoms. The molecule has 1 saturated heterocycles. The Hall–Kier alpha value is -0.430. The monoisotopic (exact) mass is 348 g/mol. The van der Waals surface area contributed by atoms with Gasteiger partial charge in [-0.05, 0) is 26.2 Å². The van der Waals surface area contributed by atoms with Gasteiger partial charge >= 0.3 is 6.03 Å². The topological polar surface area (TPSA) is 66.5 Å². The Kier molecular flexibility index (Phi) is 6.05. The van der Waals surface area contributed by atoms with Crippen LogP contribution in [0.1, 0.15) is 45.4 Å². The van der Waals surface area contributed by atoms with Crippen LogP contribution in [0.15, 0.2) is 0 Å². The van der Waals surface area contributed by atoms with E-state index >= 15 is 0 Å². The number of carbonyl (C=O) groups is 1. The molecule has 0 aromatic heterocycles. The Morgan fingerprint density at radius 3 is 2.64 bits per heavy atom. The molecule has 1 spiro atoms. The number of nitrogens with one attached hydrogen (secondary N) is 1. The Morgan fingerprint density at radius 1 is 1.32 bits per heavy atom. The molecule has 2 rings (SSSR count). The van der Waals surface area contributed by atoms with E-state index in [-0.39, 0.29) is 22.6 Å². The van der Waals surface area contributed by atoms with E-state index < -0.39 is 9.84 Å². The molecule has 1 aliphatic heterocycles. The second-order valence-electron chi connectivity index (χ2n) is 6.78. The maximum atomic E-state index is 12.4. The minimum Gasteiger partial charge on any atom is -0.336 e. The average Bonchev–Trinajstić information content (AvgIpc) is 2.45. The molecule has 0 radical (unpaired) electrons. The zero-order valence-corrected chi connectivity index (χ0v) is 15.3. The van der Waals surface area contributed by atoms with Crippen molar-refractivity contribution in [2.75, 3.05) is 30.9 Å². The van der Waals surface area contributed by atoms with Gasteiger partial charge in [0.25, 0.3) is 0 Å². The lowest BCUT2D eigenvalue weighted by molar-refractivity contribution is 0.182. The molecule has 5 nitrogen and oxygen atoms in total. The first kappa shape index (κ1) is 17.9. The summed E-state index contributed by atoms with van der Waals surface area (Å²) in [6.07, 6.45) is 7.99. The lowest BCUT2D eigenvalue weighted by Gasteiger charge is -2.44. The molecular weight excluding hydrogens is 320 g/mol. The van der Waals surface area contributed by atoms with Gasteiger partial charge in [0.15, 0.2) is 0 Å². The van der Waals surface area contributed by atoms with E-state index in [2.05, 4.69) is 5.32 Å². The number of thioether (sulfide) groups is 1. The van der Waals surface area contributed by atoms with Gasteiger partial charge in [-0.2, -0.15) is 11.8 Å². The first-order valence-electron chi connectivity index (χ1n) is 8.17. The van der Waals surface area contributed by atoms with E-state index in [1.165, 1.54) is 38.4 Å². The fraction of sp³-hybridized carbons (Fsp3) is 0.933. The normalized spacial score (nSPS) is 23.3. The average molecular weight is 349 g/mol. The summed E-state index contributed by atoms with van der Waals surface area (Å²) in [5.41, 5.74) is 0. The Morgan fingerprint density at radius 2 is 2.00 bits per heavy atom. The second-order valence-corrected chi connectivity index (χ2v) is 10.6. The summed E-state index contributed by atoms with van der Waals surface area (Å²) in [7, 11) is -2.97. The smallest absolute Gasteiger partial charge is 0.317 e. The third-order valence-electron chi connectivity index (χ3n) is 4.59. The van der Waals surface area contributed by atoms with E-state index in [9.17, 15) is 13.2 Å². The summed E-state index contributed by atoms with van der Waals surface area (Å²) in [4.78, 5) is 14.3. The van der Waals surface area contributed by atoms with Gasteiger partial charge in [-0.25, -0.2) is 13.2 Å². The highest BCUT2D eigenvalue weighted by Gasteiger charge is 2.38. The number of rotatable bonds is 4. The van der Waals surface area contributed by atoms with Crippen molar-refractivity contribution in [1.82, 2.24) is 10.2 Å².